The highest BCUT2D eigenvalue weighted by atomic mass is 16.5. The molecule has 0 aliphatic heterocycles. The number of benzene rings is 2. The highest BCUT2D eigenvalue weighted by molar-refractivity contribution is 5.98. The van der Waals surface area contributed by atoms with Gasteiger partial charge in [0.15, 0.2) is 0 Å². The van der Waals surface area contributed by atoms with Gasteiger partial charge < -0.3 is 9.47 Å². The molecule has 0 saturated heterocycles. The number of ether oxygens (including phenoxy) is 2. The van der Waals surface area contributed by atoms with Gasteiger partial charge in [-0.15, -0.1) is 0 Å². The third kappa shape index (κ3) is 2.83. The van der Waals surface area contributed by atoms with E-state index < -0.39 is 12.2 Å². The third-order valence-electron chi connectivity index (χ3n) is 3.78. The lowest BCUT2D eigenvalue weighted by molar-refractivity contribution is 0.185. The van der Waals surface area contributed by atoms with Crippen LogP contribution in [0.15, 0.2) is 36.4 Å². The molecule has 23 heavy (non-hydrogen) atoms. The molecule has 118 valence electrons. The summed E-state index contributed by atoms with van der Waals surface area (Å²) in [6.07, 6.45) is -0.433. The minimum Gasteiger partial charge on any atom is -0.453 e. The van der Waals surface area contributed by atoms with Crippen LogP contribution >= 0.6 is 0 Å². The van der Waals surface area contributed by atoms with Crippen molar-refractivity contribution >= 4 is 23.6 Å². The fourth-order valence-corrected chi connectivity index (χ4v) is 2.71. The molecule has 0 atom stereocenters. The van der Waals surface area contributed by atoms with E-state index in [9.17, 15) is 9.59 Å². The Morgan fingerprint density at radius 1 is 0.870 bits per heavy atom. The van der Waals surface area contributed by atoms with E-state index in [0.717, 1.165) is 23.1 Å². The number of amides is 2. The lowest BCUT2D eigenvalue weighted by Crippen LogP contribution is -2.16. The lowest BCUT2D eigenvalue weighted by Gasteiger charge is -2.14. The number of hydrogen-bond acceptors (Lipinski definition) is 4. The molecule has 2 N–H and O–H groups in total. The SMILES string of the molecule is COC(=O)Nc1cc2c(cc1NC(=O)OC)-c1ccccc1C2. The highest BCUT2D eigenvalue weighted by Gasteiger charge is 2.21. The van der Waals surface area contributed by atoms with E-state index in [1.54, 1.807) is 0 Å². The summed E-state index contributed by atoms with van der Waals surface area (Å²) in [5.41, 5.74) is 5.36. The van der Waals surface area contributed by atoms with E-state index in [0.29, 0.717) is 11.4 Å². The molecule has 0 unspecified atom stereocenters. The van der Waals surface area contributed by atoms with Gasteiger partial charge in [0.1, 0.15) is 0 Å². The van der Waals surface area contributed by atoms with Crippen LogP contribution in [-0.4, -0.2) is 26.4 Å². The van der Waals surface area contributed by atoms with Gasteiger partial charge in [0, 0.05) is 0 Å². The summed E-state index contributed by atoms with van der Waals surface area (Å²) < 4.78 is 9.26. The summed E-state index contributed by atoms with van der Waals surface area (Å²) in [6, 6.07) is 11.8. The van der Waals surface area contributed by atoms with E-state index in [2.05, 4.69) is 26.2 Å². The quantitative estimate of drug-likeness (QED) is 0.758. The number of methoxy groups -OCH3 is 2. The van der Waals surface area contributed by atoms with Crippen LogP contribution in [0.4, 0.5) is 21.0 Å². The zero-order chi connectivity index (χ0) is 16.4. The van der Waals surface area contributed by atoms with Gasteiger partial charge in [-0.05, 0) is 40.8 Å². The molecular weight excluding hydrogens is 296 g/mol. The predicted octanol–water partition coefficient (Wildman–Crippen LogP) is 3.61. The van der Waals surface area contributed by atoms with Gasteiger partial charge in [-0.25, -0.2) is 9.59 Å². The molecule has 6 heteroatoms. The van der Waals surface area contributed by atoms with E-state index in [1.807, 2.05) is 30.3 Å². The number of carbonyl (C=O) groups is 2. The topological polar surface area (TPSA) is 76.7 Å². The molecule has 0 spiro atoms. The maximum Gasteiger partial charge on any atom is 0.411 e. The lowest BCUT2D eigenvalue weighted by atomic mass is 10.0. The maximum absolute atomic E-state index is 11.6. The molecule has 2 amide bonds. The van der Waals surface area contributed by atoms with Crippen molar-refractivity contribution in [2.45, 2.75) is 6.42 Å². The number of nitrogens with one attached hydrogen (secondary N) is 2. The minimum atomic E-state index is -0.607. The zero-order valence-electron chi connectivity index (χ0n) is 12.8. The van der Waals surface area contributed by atoms with Crippen molar-refractivity contribution in [2.75, 3.05) is 24.9 Å². The number of rotatable bonds is 2. The van der Waals surface area contributed by atoms with Gasteiger partial charge in [-0.2, -0.15) is 0 Å². The summed E-state index contributed by atoms with van der Waals surface area (Å²) in [7, 11) is 2.57. The van der Waals surface area contributed by atoms with Crippen molar-refractivity contribution in [3.8, 4) is 11.1 Å². The van der Waals surface area contributed by atoms with Crippen LogP contribution in [0.2, 0.25) is 0 Å². The van der Waals surface area contributed by atoms with Gasteiger partial charge >= 0.3 is 12.2 Å². The Hall–Kier alpha value is -3.02. The summed E-state index contributed by atoms with van der Waals surface area (Å²) >= 11 is 0. The Kier molecular flexibility index (Phi) is 3.89. The monoisotopic (exact) mass is 312 g/mol. The van der Waals surface area contributed by atoms with Crippen LogP contribution < -0.4 is 10.6 Å². The van der Waals surface area contributed by atoms with E-state index in [4.69, 9.17) is 0 Å². The molecule has 1 aliphatic carbocycles. The second-order valence-corrected chi connectivity index (χ2v) is 5.12. The summed E-state index contributed by atoms with van der Waals surface area (Å²) in [6.45, 7) is 0. The first-order valence-corrected chi connectivity index (χ1v) is 7.07. The van der Waals surface area contributed by atoms with Gasteiger partial charge in [-0.1, -0.05) is 24.3 Å². The fourth-order valence-electron chi connectivity index (χ4n) is 2.71. The molecule has 6 nitrogen and oxygen atoms in total. The van der Waals surface area contributed by atoms with Crippen LogP contribution in [0, 0.1) is 0 Å². The molecule has 0 heterocycles. The van der Waals surface area contributed by atoms with E-state index in [1.165, 1.54) is 19.8 Å². The van der Waals surface area contributed by atoms with Crippen molar-refractivity contribution in [1.82, 2.24) is 0 Å². The standard InChI is InChI=1S/C17H16N2O4/c1-22-16(20)18-14-8-11-7-10-5-3-4-6-12(10)13(11)9-15(14)19-17(21)23-2/h3-6,8-9H,7H2,1-2H3,(H,18,20)(H,19,21). The number of anilines is 2. The molecule has 0 aromatic heterocycles. The molecule has 2 aromatic rings. The molecule has 2 aromatic carbocycles. The number of carbonyl (C=O) groups excluding carboxylic acids is 2. The summed E-state index contributed by atoms with van der Waals surface area (Å²) in [5, 5.41) is 5.23. The molecule has 0 fully saturated rings. The average molecular weight is 312 g/mol. The molecule has 0 saturated carbocycles. The van der Waals surface area contributed by atoms with Crippen molar-refractivity contribution in [3.63, 3.8) is 0 Å². The largest absolute Gasteiger partial charge is 0.453 e. The Morgan fingerprint density at radius 3 is 2.13 bits per heavy atom. The third-order valence-corrected chi connectivity index (χ3v) is 3.78. The second-order valence-electron chi connectivity index (χ2n) is 5.12. The van der Waals surface area contributed by atoms with Gasteiger partial charge in [0.2, 0.25) is 0 Å². The van der Waals surface area contributed by atoms with Crippen molar-refractivity contribution in [1.29, 1.82) is 0 Å². The molecule has 0 radical (unpaired) electrons. The van der Waals surface area contributed by atoms with Crippen LogP contribution in [0.1, 0.15) is 11.1 Å². The minimum absolute atomic E-state index is 0.456. The van der Waals surface area contributed by atoms with Crippen molar-refractivity contribution in [2.24, 2.45) is 0 Å². The Morgan fingerprint density at radius 2 is 1.48 bits per heavy atom. The average Bonchev–Trinajstić information content (AvgIpc) is 2.92. The predicted molar refractivity (Wildman–Crippen MR) is 86.7 cm³/mol. The van der Waals surface area contributed by atoms with Crippen LogP contribution in [0.3, 0.4) is 0 Å². The molecular formula is C17H16N2O4. The van der Waals surface area contributed by atoms with Gasteiger partial charge in [0.25, 0.3) is 0 Å². The van der Waals surface area contributed by atoms with Crippen LogP contribution in [-0.2, 0) is 15.9 Å². The molecule has 0 bridgehead atoms. The first-order valence-electron chi connectivity index (χ1n) is 7.07. The molecule has 3 rings (SSSR count). The first kappa shape index (κ1) is 14.9. The van der Waals surface area contributed by atoms with E-state index >= 15 is 0 Å². The first-order chi connectivity index (χ1) is 11.1. The van der Waals surface area contributed by atoms with Crippen LogP contribution in [0.25, 0.3) is 11.1 Å². The zero-order valence-corrected chi connectivity index (χ0v) is 12.8. The summed E-state index contributed by atoms with van der Waals surface area (Å²) in [4.78, 5) is 23.1. The van der Waals surface area contributed by atoms with Gasteiger partial charge in [0.05, 0.1) is 25.6 Å². The summed E-state index contributed by atoms with van der Waals surface area (Å²) in [5.74, 6) is 0. The fraction of sp³-hybridized carbons (Fsp3) is 0.176. The Balaban J connectivity index is 2.05. The van der Waals surface area contributed by atoms with Crippen LogP contribution in [0.5, 0.6) is 0 Å². The highest BCUT2D eigenvalue weighted by Crippen LogP contribution is 2.41. The number of fused-ring (bicyclic) bond motifs is 3. The maximum atomic E-state index is 11.6. The Bertz CT molecular complexity index is 786. The smallest absolute Gasteiger partial charge is 0.411 e. The Labute approximate surface area is 133 Å². The normalized spacial score (nSPS) is 11.2. The van der Waals surface area contributed by atoms with Crippen molar-refractivity contribution in [3.05, 3.63) is 47.5 Å². The molecule has 1 aliphatic rings. The number of hydrogen-bond donors (Lipinski definition) is 2. The van der Waals surface area contributed by atoms with E-state index in [-0.39, 0.29) is 0 Å². The second kappa shape index (κ2) is 6.00. The van der Waals surface area contributed by atoms with Gasteiger partial charge in [-0.3, -0.25) is 10.6 Å². The van der Waals surface area contributed by atoms with Crippen molar-refractivity contribution < 1.29 is 19.1 Å².